The summed E-state index contributed by atoms with van der Waals surface area (Å²) in [5.74, 6) is 0.536. The minimum atomic E-state index is -0.167. The van der Waals surface area contributed by atoms with Crippen LogP contribution in [0.3, 0.4) is 0 Å². The van der Waals surface area contributed by atoms with Gasteiger partial charge < -0.3 is 21.1 Å². The summed E-state index contributed by atoms with van der Waals surface area (Å²) in [7, 11) is 1.61. The van der Waals surface area contributed by atoms with Crippen LogP contribution in [0.25, 0.3) is 0 Å². The Morgan fingerprint density at radius 2 is 1.86 bits per heavy atom. The largest absolute Gasteiger partial charge is 0.495 e. The Kier molecular flexibility index (Phi) is 4.88. The molecule has 0 fully saturated rings. The summed E-state index contributed by atoms with van der Waals surface area (Å²) in [6, 6.07) is 12.8. The van der Waals surface area contributed by atoms with Gasteiger partial charge in [-0.3, -0.25) is 4.79 Å². The maximum absolute atomic E-state index is 12.3. The van der Waals surface area contributed by atoms with Crippen molar-refractivity contribution in [2.45, 2.75) is 19.9 Å². The third kappa shape index (κ3) is 3.69. The summed E-state index contributed by atoms with van der Waals surface area (Å²) in [5, 5.41) is 6.11. The van der Waals surface area contributed by atoms with E-state index in [0.717, 1.165) is 5.69 Å². The molecule has 0 atom stereocenters. The van der Waals surface area contributed by atoms with Crippen molar-refractivity contribution < 1.29 is 9.53 Å². The van der Waals surface area contributed by atoms with Crippen LogP contribution in [0.5, 0.6) is 5.75 Å². The van der Waals surface area contributed by atoms with Crippen LogP contribution in [0.4, 0.5) is 17.1 Å². The van der Waals surface area contributed by atoms with E-state index < -0.39 is 0 Å². The highest BCUT2D eigenvalue weighted by Gasteiger charge is 2.14. The second-order valence-electron chi connectivity index (χ2n) is 5.26. The van der Waals surface area contributed by atoms with Crippen LogP contribution in [-0.2, 0) is 0 Å². The van der Waals surface area contributed by atoms with E-state index in [2.05, 4.69) is 10.6 Å². The number of benzene rings is 2. The number of amides is 1. The highest BCUT2D eigenvalue weighted by molar-refractivity contribution is 6.01. The molecule has 22 heavy (non-hydrogen) atoms. The number of anilines is 3. The molecule has 0 bridgehead atoms. The molecule has 0 aliphatic rings. The topological polar surface area (TPSA) is 76.4 Å². The first-order valence-corrected chi connectivity index (χ1v) is 7.11. The number of rotatable bonds is 5. The highest BCUT2D eigenvalue weighted by Crippen LogP contribution is 2.29. The average Bonchev–Trinajstić information content (AvgIpc) is 2.48. The van der Waals surface area contributed by atoms with E-state index >= 15 is 0 Å². The van der Waals surface area contributed by atoms with Crippen LogP contribution >= 0.6 is 0 Å². The van der Waals surface area contributed by atoms with Gasteiger partial charge in [-0.2, -0.15) is 0 Å². The molecule has 2 aromatic rings. The van der Waals surface area contributed by atoms with Crippen molar-refractivity contribution in [1.29, 1.82) is 0 Å². The number of nitrogens with one attached hydrogen (secondary N) is 2. The molecule has 0 heterocycles. The first-order valence-electron chi connectivity index (χ1n) is 7.11. The second kappa shape index (κ2) is 6.85. The molecule has 5 nitrogen and oxygen atoms in total. The Morgan fingerprint density at radius 1 is 1.14 bits per heavy atom. The molecule has 4 N–H and O–H groups in total. The molecule has 1 amide bonds. The van der Waals surface area contributed by atoms with Gasteiger partial charge in [0.2, 0.25) is 0 Å². The zero-order chi connectivity index (χ0) is 16.1. The molecule has 0 aliphatic heterocycles. The Hall–Kier alpha value is -2.69. The van der Waals surface area contributed by atoms with E-state index in [1.165, 1.54) is 0 Å². The summed E-state index contributed by atoms with van der Waals surface area (Å²) in [6.45, 7) is 3.83. The van der Waals surface area contributed by atoms with Crippen LogP contribution < -0.4 is 21.1 Å². The Balaban J connectivity index is 2.36. The Bertz CT molecular complexity index is 669. The van der Waals surface area contributed by atoms with Gasteiger partial charge >= 0.3 is 0 Å². The highest BCUT2D eigenvalue weighted by atomic mass is 16.5. The minimum Gasteiger partial charge on any atom is -0.495 e. The fraction of sp³-hybridized carbons (Fsp3) is 0.235. The summed E-state index contributed by atoms with van der Waals surface area (Å²) in [5.41, 5.74) is 8.32. The normalized spacial score (nSPS) is 10.4. The lowest BCUT2D eigenvalue weighted by molar-refractivity contribution is 0.0944. The van der Waals surface area contributed by atoms with Crippen molar-refractivity contribution in [2.24, 2.45) is 0 Å². The van der Waals surface area contributed by atoms with E-state index in [-0.39, 0.29) is 11.9 Å². The van der Waals surface area contributed by atoms with E-state index in [0.29, 0.717) is 22.7 Å². The lowest BCUT2D eigenvalue weighted by atomic mass is 10.1. The monoisotopic (exact) mass is 299 g/mol. The first-order chi connectivity index (χ1) is 10.5. The molecule has 116 valence electrons. The van der Waals surface area contributed by atoms with Gasteiger partial charge in [0.15, 0.2) is 0 Å². The van der Waals surface area contributed by atoms with Crippen LogP contribution in [0.2, 0.25) is 0 Å². The number of carbonyl (C=O) groups excluding carboxylic acids is 1. The van der Waals surface area contributed by atoms with Gasteiger partial charge in [0.05, 0.1) is 24.0 Å². The molecule has 0 saturated carbocycles. The van der Waals surface area contributed by atoms with Gasteiger partial charge in [-0.1, -0.05) is 12.1 Å². The maximum atomic E-state index is 12.3. The smallest absolute Gasteiger partial charge is 0.253 e. The summed E-state index contributed by atoms with van der Waals surface area (Å²) >= 11 is 0. The predicted octanol–water partition coefficient (Wildman–Crippen LogP) is 3.16. The average molecular weight is 299 g/mol. The van der Waals surface area contributed by atoms with Crippen LogP contribution in [-0.4, -0.2) is 19.1 Å². The van der Waals surface area contributed by atoms with Gasteiger partial charge in [0.25, 0.3) is 5.91 Å². The first kappa shape index (κ1) is 15.7. The van der Waals surface area contributed by atoms with Crippen molar-refractivity contribution in [1.82, 2.24) is 5.32 Å². The lowest BCUT2D eigenvalue weighted by Crippen LogP contribution is -2.30. The van der Waals surface area contributed by atoms with Crippen molar-refractivity contribution in [3.05, 3.63) is 48.0 Å². The van der Waals surface area contributed by atoms with Crippen LogP contribution in [0.1, 0.15) is 24.2 Å². The summed E-state index contributed by atoms with van der Waals surface area (Å²) in [4.78, 5) is 12.3. The zero-order valence-electron chi connectivity index (χ0n) is 13.0. The fourth-order valence-corrected chi connectivity index (χ4v) is 2.09. The minimum absolute atomic E-state index is 0.0491. The number of ether oxygens (including phenoxy) is 1. The van der Waals surface area contributed by atoms with Gasteiger partial charge in [0.1, 0.15) is 5.75 Å². The van der Waals surface area contributed by atoms with E-state index in [9.17, 15) is 4.79 Å². The molecule has 2 aromatic carbocycles. The number of carbonyl (C=O) groups is 1. The molecule has 0 radical (unpaired) electrons. The van der Waals surface area contributed by atoms with Gasteiger partial charge in [-0.25, -0.2) is 0 Å². The maximum Gasteiger partial charge on any atom is 0.253 e. The van der Waals surface area contributed by atoms with Crippen molar-refractivity contribution >= 4 is 23.0 Å². The zero-order valence-corrected chi connectivity index (χ0v) is 13.0. The van der Waals surface area contributed by atoms with E-state index in [1.54, 1.807) is 25.3 Å². The summed E-state index contributed by atoms with van der Waals surface area (Å²) < 4.78 is 5.32. The molecular weight excluding hydrogens is 278 g/mol. The van der Waals surface area contributed by atoms with Crippen molar-refractivity contribution in [3.63, 3.8) is 0 Å². The predicted molar refractivity (Wildman–Crippen MR) is 89.7 cm³/mol. The van der Waals surface area contributed by atoms with Gasteiger partial charge in [-0.15, -0.1) is 0 Å². The Labute approximate surface area is 130 Å². The second-order valence-corrected chi connectivity index (χ2v) is 5.26. The third-order valence-electron chi connectivity index (χ3n) is 3.08. The molecule has 0 aliphatic carbocycles. The SMILES string of the molecule is COc1ccccc1Nc1ccc(N)cc1C(=O)NC(C)C. The van der Waals surface area contributed by atoms with Gasteiger partial charge in [-0.05, 0) is 44.2 Å². The number of hydrogen-bond acceptors (Lipinski definition) is 4. The fourth-order valence-electron chi connectivity index (χ4n) is 2.09. The van der Waals surface area contributed by atoms with Gasteiger partial charge in [0, 0.05) is 11.7 Å². The van der Waals surface area contributed by atoms with Crippen LogP contribution in [0, 0.1) is 0 Å². The van der Waals surface area contributed by atoms with Crippen LogP contribution in [0.15, 0.2) is 42.5 Å². The number of para-hydroxylation sites is 2. The third-order valence-corrected chi connectivity index (χ3v) is 3.08. The molecule has 2 rings (SSSR count). The quantitative estimate of drug-likeness (QED) is 0.741. The molecule has 0 spiro atoms. The van der Waals surface area contributed by atoms with Crippen molar-refractivity contribution in [3.8, 4) is 5.75 Å². The van der Waals surface area contributed by atoms with E-state index in [4.69, 9.17) is 10.5 Å². The number of nitrogens with two attached hydrogens (primary N) is 1. The lowest BCUT2D eigenvalue weighted by Gasteiger charge is -2.16. The molecule has 0 aromatic heterocycles. The molecule has 5 heteroatoms. The summed E-state index contributed by atoms with van der Waals surface area (Å²) in [6.07, 6.45) is 0. The standard InChI is InChI=1S/C17H21N3O2/c1-11(2)19-17(21)13-10-12(18)8-9-14(13)20-15-6-4-5-7-16(15)22-3/h4-11,20H,18H2,1-3H3,(H,19,21). The number of methoxy groups -OCH3 is 1. The molecule has 0 saturated heterocycles. The van der Waals surface area contributed by atoms with E-state index in [1.807, 2.05) is 38.1 Å². The Morgan fingerprint density at radius 3 is 2.55 bits per heavy atom. The number of nitrogen functional groups attached to an aromatic ring is 1. The molecule has 0 unspecified atom stereocenters. The van der Waals surface area contributed by atoms with Crippen molar-refractivity contribution in [2.75, 3.05) is 18.2 Å². The number of hydrogen-bond donors (Lipinski definition) is 3. The molecular formula is C17H21N3O2.